The van der Waals surface area contributed by atoms with Crippen molar-refractivity contribution in [2.24, 2.45) is 0 Å². The minimum Gasteiger partial charge on any atom is -0.469 e. The van der Waals surface area contributed by atoms with Gasteiger partial charge in [-0.05, 0) is 26.8 Å². The zero-order valence-electron chi connectivity index (χ0n) is 10.8. The highest BCUT2D eigenvalue weighted by Crippen LogP contribution is 2.31. The van der Waals surface area contributed by atoms with Crippen LogP contribution >= 0.6 is 0 Å². The molecule has 0 saturated heterocycles. The van der Waals surface area contributed by atoms with Crippen LogP contribution in [-0.2, 0) is 11.2 Å². The lowest BCUT2D eigenvalue weighted by Crippen LogP contribution is -2.46. The maximum absolute atomic E-state index is 11.6. The van der Waals surface area contributed by atoms with Crippen molar-refractivity contribution in [3.63, 3.8) is 0 Å². The van der Waals surface area contributed by atoms with Gasteiger partial charge in [-0.15, -0.1) is 0 Å². The first-order valence-electron chi connectivity index (χ1n) is 5.97. The van der Waals surface area contributed by atoms with Crippen LogP contribution in [0.2, 0.25) is 0 Å². The molecule has 5 heteroatoms. The quantitative estimate of drug-likeness (QED) is 0.803. The second-order valence-corrected chi connectivity index (χ2v) is 4.83. The standard InChI is InChI=1S/C13H17NO4/c1-4-17-12(16)9-5-8-6-10(15)13(2,3)18-11(8)14-7-9/h5,7,10,15H,4,6H2,1-3H3/t10-/m1/s1. The number of rotatable bonds is 2. The Bertz CT molecular complexity index is 470. The number of esters is 1. The highest BCUT2D eigenvalue weighted by atomic mass is 16.5. The maximum atomic E-state index is 11.6. The van der Waals surface area contributed by atoms with E-state index in [-0.39, 0.29) is 0 Å². The van der Waals surface area contributed by atoms with Gasteiger partial charge in [-0.2, -0.15) is 0 Å². The third kappa shape index (κ3) is 2.31. The number of carbonyl (C=O) groups is 1. The Hall–Kier alpha value is -1.62. The third-order valence-electron chi connectivity index (χ3n) is 3.01. The Kier molecular flexibility index (Phi) is 3.26. The van der Waals surface area contributed by atoms with Crippen molar-refractivity contribution in [1.29, 1.82) is 0 Å². The second-order valence-electron chi connectivity index (χ2n) is 4.83. The first-order valence-corrected chi connectivity index (χ1v) is 5.97. The van der Waals surface area contributed by atoms with Crippen LogP contribution in [0.25, 0.3) is 0 Å². The minimum absolute atomic E-state index is 0.322. The van der Waals surface area contributed by atoms with E-state index in [9.17, 15) is 9.90 Å². The van der Waals surface area contributed by atoms with Gasteiger partial charge >= 0.3 is 5.97 Å². The van der Waals surface area contributed by atoms with E-state index in [1.165, 1.54) is 6.20 Å². The van der Waals surface area contributed by atoms with Crippen molar-refractivity contribution in [3.8, 4) is 5.88 Å². The number of ether oxygens (including phenoxy) is 2. The highest BCUT2D eigenvalue weighted by Gasteiger charge is 2.36. The molecule has 0 spiro atoms. The van der Waals surface area contributed by atoms with Crippen LogP contribution in [0.3, 0.4) is 0 Å². The molecule has 5 nitrogen and oxygen atoms in total. The Balaban J connectivity index is 2.29. The number of carbonyl (C=O) groups excluding carboxylic acids is 1. The summed E-state index contributed by atoms with van der Waals surface area (Å²) in [5.74, 6) is 0.0606. The largest absolute Gasteiger partial charge is 0.469 e. The van der Waals surface area contributed by atoms with E-state index < -0.39 is 17.7 Å². The lowest BCUT2D eigenvalue weighted by atomic mass is 9.92. The molecule has 1 aliphatic rings. The monoisotopic (exact) mass is 251 g/mol. The van der Waals surface area contributed by atoms with Crippen molar-refractivity contribution >= 4 is 5.97 Å². The minimum atomic E-state index is -0.661. The molecule has 1 aliphatic heterocycles. The molecule has 98 valence electrons. The first-order chi connectivity index (χ1) is 8.44. The van der Waals surface area contributed by atoms with E-state index >= 15 is 0 Å². The molecular formula is C13H17NO4. The second kappa shape index (κ2) is 4.57. The van der Waals surface area contributed by atoms with Gasteiger partial charge in [0.1, 0.15) is 5.60 Å². The summed E-state index contributed by atoms with van der Waals surface area (Å²) in [7, 11) is 0. The summed E-state index contributed by atoms with van der Waals surface area (Å²) in [5.41, 5.74) is 0.448. The van der Waals surface area contributed by atoms with Gasteiger partial charge in [0.2, 0.25) is 5.88 Å². The fraction of sp³-hybridized carbons (Fsp3) is 0.538. The molecule has 0 aliphatic carbocycles. The molecule has 2 rings (SSSR count). The van der Waals surface area contributed by atoms with E-state index in [2.05, 4.69) is 4.98 Å². The highest BCUT2D eigenvalue weighted by molar-refractivity contribution is 5.89. The van der Waals surface area contributed by atoms with Crippen LogP contribution in [-0.4, -0.2) is 34.4 Å². The molecule has 0 bridgehead atoms. The lowest BCUT2D eigenvalue weighted by molar-refractivity contribution is -0.0443. The van der Waals surface area contributed by atoms with E-state index in [1.807, 2.05) is 13.8 Å². The molecule has 18 heavy (non-hydrogen) atoms. The fourth-order valence-corrected chi connectivity index (χ4v) is 1.83. The molecule has 1 aromatic rings. The summed E-state index contributed by atoms with van der Waals surface area (Å²) < 4.78 is 10.5. The van der Waals surface area contributed by atoms with E-state index in [1.54, 1.807) is 13.0 Å². The molecule has 1 atom stereocenters. The predicted octanol–water partition coefficient (Wildman–Crippen LogP) is 1.33. The zero-order chi connectivity index (χ0) is 13.3. The van der Waals surface area contributed by atoms with Crippen LogP contribution in [0.1, 0.15) is 36.7 Å². The first kappa shape index (κ1) is 12.8. The normalized spacial score (nSPS) is 20.8. The third-order valence-corrected chi connectivity index (χ3v) is 3.01. The summed E-state index contributed by atoms with van der Waals surface area (Å²) in [6.07, 6.45) is 1.23. The molecule has 0 amide bonds. The number of hydrogen-bond acceptors (Lipinski definition) is 5. The van der Waals surface area contributed by atoms with Crippen LogP contribution in [0.5, 0.6) is 5.88 Å². The fourth-order valence-electron chi connectivity index (χ4n) is 1.83. The van der Waals surface area contributed by atoms with Crippen molar-refractivity contribution in [2.75, 3.05) is 6.61 Å². The summed E-state index contributed by atoms with van der Waals surface area (Å²) in [6, 6.07) is 1.67. The van der Waals surface area contributed by atoms with Crippen LogP contribution < -0.4 is 4.74 Å². The van der Waals surface area contributed by atoms with Crippen molar-refractivity contribution in [3.05, 3.63) is 23.4 Å². The SMILES string of the molecule is CCOC(=O)c1cnc2c(c1)C[C@@H](O)C(C)(C)O2. The molecule has 0 unspecified atom stereocenters. The summed E-state index contributed by atoms with van der Waals surface area (Å²) in [5, 5.41) is 9.95. The number of fused-ring (bicyclic) bond motifs is 1. The van der Waals surface area contributed by atoms with Gasteiger partial charge < -0.3 is 14.6 Å². The number of hydrogen-bond donors (Lipinski definition) is 1. The van der Waals surface area contributed by atoms with Crippen molar-refractivity contribution in [2.45, 2.75) is 38.9 Å². The molecule has 1 aromatic heterocycles. The topological polar surface area (TPSA) is 68.7 Å². The van der Waals surface area contributed by atoms with Gasteiger partial charge in [0.15, 0.2) is 0 Å². The van der Waals surface area contributed by atoms with E-state index in [4.69, 9.17) is 9.47 Å². The molecule has 2 heterocycles. The van der Waals surface area contributed by atoms with E-state index in [0.717, 1.165) is 5.56 Å². The number of aliphatic hydroxyl groups is 1. The van der Waals surface area contributed by atoms with Crippen LogP contribution in [0, 0.1) is 0 Å². The molecule has 0 aromatic carbocycles. The van der Waals surface area contributed by atoms with Gasteiger partial charge in [0.25, 0.3) is 0 Å². The lowest BCUT2D eigenvalue weighted by Gasteiger charge is -2.36. The molecule has 0 fully saturated rings. The van der Waals surface area contributed by atoms with Gasteiger partial charge in [0, 0.05) is 18.2 Å². The van der Waals surface area contributed by atoms with Gasteiger partial charge in [-0.1, -0.05) is 0 Å². The summed E-state index contributed by atoms with van der Waals surface area (Å²) in [4.78, 5) is 15.7. The number of pyridine rings is 1. The number of nitrogens with zero attached hydrogens (tertiary/aromatic N) is 1. The van der Waals surface area contributed by atoms with Crippen LogP contribution in [0.4, 0.5) is 0 Å². The average Bonchev–Trinajstić information content (AvgIpc) is 2.30. The zero-order valence-corrected chi connectivity index (χ0v) is 10.8. The van der Waals surface area contributed by atoms with Crippen molar-refractivity contribution in [1.82, 2.24) is 4.98 Å². The number of aromatic nitrogens is 1. The maximum Gasteiger partial charge on any atom is 0.339 e. The van der Waals surface area contributed by atoms with Crippen LogP contribution in [0.15, 0.2) is 12.3 Å². The van der Waals surface area contributed by atoms with Gasteiger partial charge in [-0.25, -0.2) is 9.78 Å². The predicted molar refractivity (Wildman–Crippen MR) is 64.6 cm³/mol. The Morgan fingerprint density at radius 2 is 2.39 bits per heavy atom. The Morgan fingerprint density at radius 1 is 1.67 bits per heavy atom. The molecule has 1 N–H and O–H groups in total. The van der Waals surface area contributed by atoms with Gasteiger partial charge in [-0.3, -0.25) is 0 Å². The summed E-state index contributed by atoms with van der Waals surface area (Å²) >= 11 is 0. The smallest absolute Gasteiger partial charge is 0.339 e. The molecular weight excluding hydrogens is 234 g/mol. The Labute approximate surface area is 106 Å². The molecule has 0 saturated carbocycles. The number of aliphatic hydroxyl groups excluding tert-OH is 1. The summed E-state index contributed by atoms with van der Waals surface area (Å²) in [6.45, 7) is 5.68. The van der Waals surface area contributed by atoms with Crippen molar-refractivity contribution < 1.29 is 19.4 Å². The molecule has 0 radical (unpaired) electrons. The van der Waals surface area contributed by atoms with Gasteiger partial charge in [0.05, 0.1) is 18.3 Å². The Morgan fingerprint density at radius 3 is 3.06 bits per heavy atom. The van der Waals surface area contributed by atoms with E-state index in [0.29, 0.717) is 24.5 Å². The average molecular weight is 251 g/mol.